The van der Waals surface area contributed by atoms with Gasteiger partial charge in [0.1, 0.15) is 23.3 Å². The summed E-state index contributed by atoms with van der Waals surface area (Å²) in [7, 11) is 2.08. The molecule has 2 fully saturated rings. The van der Waals surface area contributed by atoms with Gasteiger partial charge in [0, 0.05) is 31.8 Å². The summed E-state index contributed by atoms with van der Waals surface area (Å²) in [5.41, 5.74) is 7.52. The van der Waals surface area contributed by atoms with Gasteiger partial charge in [-0.3, -0.25) is 18.8 Å². The minimum atomic E-state index is -0.269. The summed E-state index contributed by atoms with van der Waals surface area (Å²) in [6, 6.07) is 17.1. The molecule has 1 saturated carbocycles. The van der Waals surface area contributed by atoms with Crippen LogP contribution in [0.4, 0.5) is 5.82 Å². The third-order valence-electron chi connectivity index (χ3n) is 7.42. The van der Waals surface area contributed by atoms with Crippen LogP contribution in [0, 0.1) is 0 Å². The van der Waals surface area contributed by atoms with Crippen molar-refractivity contribution < 1.29 is 9.53 Å². The van der Waals surface area contributed by atoms with Gasteiger partial charge in [-0.25, -0.2) is 14.8 Å². The summed E-state index contributed by atoms with van der Waals surface area (Å²) in [4.78, 5) is 39.3. The molecule has 2 aromatic carbocycles. The number of rotatable bonds is 8. The van der Waals surface area contributed by atoms with Crippen LogP contribution < -0.4 is 16.2 Å². The van der Waals surface area contributed by atoms with Gasteiger partial charge >= 0.3 is 5.69 Å². The van der Waals surface area contributed by atoms with E-state index in [1.54, 1.807) is 27.7 Å². The third kappa shape index (κ3) is 5.03. The normalized spacial score (nSPS) is 17.5. The average Bonchev–Trinajstić information content (AvgIpc) is 3.61. The van der Waals surface area contributed by atoms with E-state index >= 15 is 0 Å². The smallest absolute Gasteiger partial charge is 0.335 e. The van der Waals surface area contributed by atoms with E-state index in [-0.39, 0.29) is 23.5 Å². The molecule has 200 valence electrons. The summed E-state index contributed by atoms with van der Waals surface area (Å²) < 4.78 is 9.09. The van der Waals surface area contributed by atoms with E-state index in [9.17, 15) is 9.59 Å². The van der Waals surface area contributed by atoms with E-state index < -0.39 is 0 Å². The van der Waals surface area contributed by atoms with E-state index in [1.165, 1.54) is 23.7 Å². The van der Waals surface area contributed by atoms with Gasteiger partial charge in [-0.05, 0) is 62.7 Å². The number of fused-ring (bicyclic) bond motifs is 1. The predicted octanol–water partition coefficient (Wildman–Crippen LogP) is 3.38. The lowest BCUT2D eigenvalue weighted by Gasteiger charge is -2.16. The number of benzene rings is 2. The first-order chi connectivity index (χ1) is 19.0. The number of anilines is 1. The van der Waals surface area contributed by atoms with Crippen LogP contribution in [0.2, 0.25) is 0 Å². The highest BCUT2D eigenvalue weighted by atomic mass is 16.5. The first kappa shape index (κ1) is 24.9. The number of nitrogen functional groups attached to an aromatic ring is 1. The third-order valence-corrected chi connectivity index (χ3v) is 7.42. The summed E-state index contributed by atoms with van der Waals surface area (Å²) in [5.74, 6) is 1.55. The Morgan fingerprint density at radius 3 is 2.56 bits per heavy atom. The number of imidazole rings is 1. The van der Waals surface area contributed by atoms with Crippen molar-refractivity contribution in [3.05, 3.63) is 83.6 Å². The number of nitrogens with zero attached hydrogens (tertiary/aromatic N) is 6. The van der Waals surface area contributed by atoms with E-state index in [1.807, 2.05) is 48.5 Å². The molecule has 2 aromatic heterocycles. The van der Waals surface area contributed by atoms with Crippen LogP contribution in [0.1, 0.15) is 25.3 Å². The van der Waals surface area contributed by atoms with Crippen molar-refractivity contribution >= 4 is 22.9 Å². The maximum absolute atomic E-state index is 13.8. The molecule has 39 heavy (non-hydrogen) atoms. The zero-order valence-corrected chi connectivity index (χ0v) is 21.8. The van der Waals surface area contributed by atoms with Crippen LogP contribution in [0.5, 0.6) is 11.5 Å². The molecule has 4 aromatic rings. The van der Waals surface area contributed by atoms with Crippen molar-refractivity contribution in [2.75, 3.05) is 32.4 Å². The molecule has 0 radical (unpaired) electrons. The first-order valence-electron chi connectivity index (χ1n) is 13.2. The fourth-order valence-electron chi connectivity index (χ4n) is 5.17. The number of likely N-dealkylation sites (N-methyl/N-ethyl adjacent to an activating group) is 1. The number of ether oxygens (including phenoxy) is 1. The maximum Gasteiger partial charge on any atom is 0.335 e. The fourth-order valence-corrected chi connectivity index (χ4v) is 5.17. The summed E-state index contributed by atoms with van der Waals surface area (Å²) >= 11 is 0. The molecule has 10 nitrogen and oxygen atoms in total. The molecule has 1 unspecified atom stereocenters. The number of aromatic nitrogens is 4. The van der Waals surface area contributed by atoms with Crippen LogP contribution >= 0.6 is 0 Å². The zero-order chi connectivity index (χ0) is 26.9. The van der Waals surface area contributed by atoms with Gasteiger partial charge < -0.3 is 15.4 Å². The lowest BCUT2D eigenvalue weighted by atomic mass is 10.2. The van der Waals surface area contributed by atoms with Gasteiger partial charge in [0.2, 0.25) is 5.91 Å². The molecule has 1 atom stereocenters. The topological polar surface area (TPSA) is 112 Å². The standard InChI is InChI=1S/C29H31N7O3/c1-33(20-9-10-20)16-5-8-25(37)34-17-15-22(18-34)36-28-26(27(30)31-19-32-28)35(29(36)38)21-11-13-24(14-12-21)39-23-6-3-2-4-7-23/h2-8,11-14,19-20,22H,9-10,15-18H2,1H3,(H2,30,31,32). The molecule has 2 aliphatic rings. The molecule has 0 bridgehead atoms. The summed E-state index contributed by atoms with van der Waals surface area (Å²) in [5, 5.41) is 0. The highest BCUT2D eigenvalue weighted by Crippen LogP contribution is 2.29. The molecular weight excluding hydrogens is 494 g/mol. The molecule has 1 aliphatic carbocycles. The minimum Gasteiger partial charge on any atom is -0.457 e. The van der Waals surface area contributed by atoms with Crippen molar-refractivity contribution in [1.82, 2.24) is 28.9 Å². The zero-order valence-electron chi connectivity index (χ0n) is 21.8. The van der Waals surface area contributed by atoms with Gasteiger partial charge in [0.15, 0.2) is 11.5 Å². The molecule has 1 saturated heterocycles. The Balaban J connectivity index is 1.25. The van der Waals surface area contributed by atoms with E-state index in [0.717, 1.165) is 12.3 Å². The number of para-hydroxylation sites is 1. The molecule has 6 rings (SSSR count). The van der Waals surface area contributed by atoms with Crippen molar-refractivity contribution in [2.24, 2.45) is 0 Å². The Morgan fingerprint density at radius 2 is 1.82 bits per heavy atom. The second-order valence-corrected chi connectivity index (χ2v) is 10.1. The Morgan fingerprint density at radius 1 is 1.08 bits per heavy atom. The lowest BCUT2D eigenvalue weighted by Crippen LogP contribution is -2.31. The molecule has 1 amide bonds. The van der Waals surface area contributed by atoms with Gasteiger partial charge in [0.25, 0.3) is 0 Å². The Bertz CT molecular complexity index is 1570. The van der Waals surface area contributed by atoms with Crippen LogP contribution in [-0.4, -0.2) is 67.5 Å². The SMILES string of the molecule is CN(CC=CC(=O)N1CCC(n2c(=O)n(-c3ccc(Oc4ccccc4)cc3)c3c(N)ncnc32)C1)C1CC1. The van der Waals surface area contributed by atoms with Gasteiger partial charge in [-0.2, -0.15) is 0 Å². The maximum atomic E-state index is 13.8. The number of nitrogens with two attached hydrogens (primary N) is 1. The Labute approximate surface area is 225 Å². The van der Waals surface area contributed by atoms with Crippen LogP contribution in [0.25, 0.3) is 16.9 Å². The first-order valence-corrected chi connectivity index (χ1v) is 13.2. The van der Waals surface area contributed by atoms with Crippen molar-refractivity contribution in [1.29, 1.82) is 0 Å². The van der Waals surface area contributed by atoms with Gasteiger partial charge in [-0.15, -0.1) is 0 Å². The van der Waals surface area contributed by atoms with Crippen LogP contribution in [-0.2, 0) is 4.79 Å². The number of hydrogen-bond donors (Lipinski definition) is 1. The molecule has 0 spiro atoms. The molecule has 3 heterocycles. The summed E-state index contributed by atoms with van der Waals surface area (Å²) in [6.07, 6.45) is 8.04. The highest BCUT2D eigenvalue weighted by molar-refractivity contribution is 5.88. The predicted molar refractivity (Wildman–Crippen MR) is 149 cm³/mol. The number of hydrogen-bond acceptors (Lipinski definition) is 7. The molecular formula is C29H31N7O3. The Kier molecular flexibility index (Phi) is 6.62. The van der Waals surface area contributed by atoms with Gasteiger partial charge in [-0.1, -0.05) is 24.3 Å². The quantitative estimate of drug-likeness (QED) is 0.351. The monoisotopic (exact) mass is 525 g/mol. The number of carbonyl (C=O) groups excluding carboxylic acids is 1. The minimum absolute atomic E-state index is 0.0402. The molecule has 2 N–H and O–H groups in total. The highest BCUT2D eigenvalue weighted by Gasteiger charge is 2.31. The van der Waals surface area contributed by atoms with E-state index in [2.05, 4.69) is 21.9 Å². The van der Waals surface area contributed by atoms with Crippen LogP contribution in [0.15, 0.2) is 77.9 Å². The number of carbonyl (C=O) groups is 1. The van der Waals surface area contributed by atoms with Crippen molar-refractivity contribution in [3.63, 3.8) is 0 Å². The van der Waals surface area contributed by atoms with E-state index in [4.69, 9.17) is 10.5 Å². The second kappa shape index (κ2) is 10.4. The fraction of sp³-hybridized carbons (Fsp3) is 0.310. The van der Waals surface area contributed by atoms with Crippen LogP contribution in [0.3, 0.4) is 0 Å². The number of likely N-dealkylation sites (tertiary alicyclic amines) is 1. The van der Waals surface area contributed by atoms with Crippen molar-refractivity contribution in [3.8, 4) is 17.2 Å². The van der Waals surface area contributed by atoms with Gasteiger partial charge in [0.05, 0.1) is 11.7 Å². The molecule has 1 aliphatic heterocycles. The average molecular weight is 526 g/mol. The number of amides is 1. The Hall–Kier alpha value is -4.44. The largest absolute Gasteiger partial charge is 0.457 e. The van der Waals surface area contributed by atoms with Crippen molar-refractivity contribution in [2.45, 2.75) is 31.3 Å². The molecule has 10 heteroatoms. The summed E-state index contributed by atoms with van der Waals surface area (Å²) in [6.45, 7) is 1.75. The lowest BCUT2D eigenvalue weighted by molar-refractivity contribution is -0.125. The second-order valence-electron chi connectivity index (χ2n) is 10.1. The van der Waals surface area contributed by atoms with E-state index in [0.29, 0.717) is 48.2 Å².